The zero-order valence-electron chi connectivity index (χ0n) is 18.4. The third-order valence-corrected chi connectivity index (χ3v) is 5.99. The number of benzene rings is 3. The lowest BCUT2D eigenvalue weighted by Gasteiger charge is -2.32. The van der Waals surface area contributed by atoms with Crippen molar-refractivity contribution in [2.45, 2.75) is 19.0 Å². The van der Waals surface area contributed by atoms with Crippen LogP contribution in [0.5, 0.6) is 11.5 Å². The molecule has 0 aliphatic carbocycles. The smallest absolute Gasteiger partial charge is 0.296 e. The van der Waals surface area contributed by atoms with E-state index in [1.165, 1.54) is 4.90 Å². The van der Waals surface area contributed by atoms with Crippen molar-refractivity contribution in [1.82, 2.24) is 14.5 Å². The van der Waals surface area contributed by atoms with E-state index in [9.17, 15) is 9.59 Å². The molecule has 2 amide bonds. The molecule has 1 aliphatic rings. The highest BCUT2D eigenvalue weighted by atomic mass is 16.5. The Morgan fingerprint density at radius 3 is 2.42 bits per heavy atom. The van der Waals surface area contributed by atoms with Crippen molar-refractivity contribution in [2.24, 2.45) is 0 Å². The summed E-state index contributed by atoms with van der Waals surface area (Å²) in [6.45, 7) is 0.0827. The van der Waals surface area contributed by atoms with Gasteiger partial charge in [-0.1, -0.05) is 42.5 Å². The Morgan fingerprint density at radius 1 is 0.909 bits per heavy atom. The van der Waals surface area contributed by atoms with Crippen LogP contribution in [0.1, 0.15) is 27.8 Å². The maximum atomic E-state index is 13.8. The van der Waals surface area contributed by atoms with Crippen molar-refractivity contribution in [3.05, 3.63) is 89.7 Å². The minimum Gasteiger partial charge on any atom is -0.497 e. The molecule has 1 unspecified atom stereocenters. The van der Waals surface area contributed by atoms with Crippen LogP contribution in [-0.2, 0) is 17.8 Å². The molecule has 0 bridgehead atoms. The van der Waals surface area contributed by atoms with Crippen LogP contribution in [0.4, 0.5) is 0 Å². The van der Waals surface area contributed by atoms with Gasteiger partial charge >= 0.3 is 0 Å². The number of carbonyl (C=O) groups is 2. The third kappa shape index (κ3) is 3.61. The summed E-state index contributed by atoms with van der Waals surface area (Å²) in [6, 6.07) is 22.1. The van der Waals surface area contributed by atoms with Crippen molar-refractivity contribution < 1.29 is 19.1 Å². The van der Waals surface area contributed by atoms with Gasteiger partial charge in [0.05, 0.1) is 31.8 Å². The molecule has 166 valence electrons. The molecule has 0 N–H and O–H groups in total. The van der Waals surface area contributed by atoms with Gasteiger partial charge in [0.2, 0.25) is 5.82 Å². The maximum Gasteiger partial charge on any atom is 0.296 e. The number of hydrogen-bond acceptors (Lipinski definition) is 5. The number of nitrogens with zero attached hydrogens (tertiary/aromatic N) is 3. The zero-order chi connectivity index (χ0) is 22.9. The van der Waals surface area contributed by atoms with Crippen LogP contribution in [0.15, 0.2) is 72.8 Å². The molecule has 7 nitrogen and oxygen atoms in total. The average molecular weight is 441 g/mol. The van der Waals surface area contributed by atoms with Crippen molar-refractivity contribution in [2.75, 3.05) is 14.2 Å². The largest absolute Gasteiger partial charge is 0.497 e. The topological polar surface area (TPSA) is 73.7 Å². The molecule has 1 aliphatic heterocycles. The lowest BCUT2D eigenvalue weighted by molar-refractivity contribution is -0.133. The number of rotatable bonds is 6. The van der Waals surface area contributed by atoms with Gasteiger partial charge in [-0.05, 0) is 29.8 Å². The Bertz CT molecular complexity index is 1350. The first-order valence-corrected chi connectivity index (χ1v) is 10.7. The number of amides is 2. The SMILES string of the molecule is COc1ccc(CN2C(=O)c3nc4ccccc4n3C(Cc3ccccc3)C2=O)c(OC)c1. The van der Waals surface area contributed by atoms with Gasteiger partial charge in [0, 0.05) is 18.1 Å². The molecule has 0 radical (unpaired) electrons. The van der Waals surface area contributed by atoms with E-state index in [4.69, 9.17) is 9.47 Å². The standard InChI is InChI=1S/C26H23N3O4/c1-32-19-13-12-18(23(15-19)33-2)16-28-25(30)22(14-17-8-4-3-5-9-17)29-21-11-7-6-10-20(21)27-24(29)26(28)31/h3-13,15,22H,14,16H2,1-2H3. The van der Waals surface area contributed by atoms with Crippen molar-refractivity contribution in [1.29, 1.82) is 0 Å². The summed E-state index contributed by atoms with van der Waals surface area (Å²) >= 11 is 0. The molecular formula is C26H23N3O4. The minimum absolute atomic E-state index is 0.0827. The van der Waals surface area contributed by atoms with E-state index in [1.807, 2.05) is 60.7 Å². The Morgan fingerprint density at radius 2 is 1.67 bits per heavy atom. The number of imide groups is 1. The van der Waals surface area contributed by atoms with Gasteiger partial charge in [-0.2, -0.15) is 0 Å². The normalized spacial score (nSPS) is 15.6. The summed E-state index contributed by atoms with van der Waals surface area (Å²) in [5, 5.41) is 0. The predicted molar refractivity (Wildman–Crippen MR) is 123 cm³/mol. The van der Waals surface area contributed by atoms with Gasteiger partial charge in [0.15, 0.2) is 0 Å². The van der Waals surface area contributed by atoms with Crippen LogP contribution in [0, 0.1) is 0 Å². The number of ether oxygens (including phenoxy) is 2. The molecule has 1 aromatic heterocycles. The Balaban J connectivity index is 1.59. The number of methoxy groups -OCH3 is 2. The number of hydrogen-bond donors (Lipinski definition) is 0. The first-order valence-electron chi connectivity index (χ1n) is 10.7. The van der Waals surface area contributed by atoms with Crippen LogP contribution in [0.25, 0.3) is 11.0 Å². The van der Waals surface area contributed by atoms with Crippen molar-refractivity contribution in [3.63, 3.8) is 0 Å². The van der Waals surface area contributed by atoms with Gasteiger partial charge in [-0.15, -0.1) is 0 Å². The fraction of sp³-hybridized carbons (Fsp3) is 0.192. The molecule has 0 fully saturated rings. The Kier molecular flexibility index (Phi) is 5.30. The van der Waals surface area contributed by atoms with E-state index in [2.05, 4.69) is 4.98 Å². The molecule has 0 saturated heterocycles. The van der Waals surface area contributed by atoms with Gasteiger partial charge in [0.25, 0.3) is 11.8 Å². The number of carbonyl (C=O) groups excluding carboxylic acids is 2. The first-order chi connectivity index (χ1) is 16.1. The fourth-order valence-electron chi connectivity index (χ4n) is 4.34. The summed E-state index contributed by atoms with van der Waals surface area (Å²) in [4.78, 5) is 33.1. The lowest BCUT2D eigenvalue weighted by Crippen LogP contribution is -2.48. The molecule has 33 heavy (non-hydrogen) atoms. The first kappa shape index (κ1) is 20.8. The second-order valence-electron chi connectivity index (χ2n) is 7.91. The molecule has 7 heteroatoms. The summed E-state index contributed by atoms with van der Waals surface area (Å²) in [6.07, 6.45) is 0.455. The third-order valence-electron chi connectivity index (χ3n) is 5.99. The Labute approximate surface area is 191 Å². The zero-order valence-corrected chi connectivity index (χ0v) is 18.4. The molecule has 5 rings (SSSR count). The molecule has 0 spiro atoms. The summed E-state index contributed by atoms with van der Waals surface area (Å²) in [5.41, 5.74) is 3.19. The maximum absolute atomic E-state index is 13.8. The van der Waals surface area contributed by atoms with Gasteiger partial charge in [-0.25, -0.2) is 4.98 Å². The molecule has 4 aromatic rings. The molecule has 0 saturated carbocycles. The second-order valence-corrected chi connectivity index (χ2v) is 7.91. The van der Waals surface area contributed by atoms with Crippen LogP contribution >= 0.6 is 0 Å². The van der Waals surface area contributed by atoms with E-state index in [0.717, 1.165) is 11.1 Å². The quantitative estimate of drug-likeness (QED) is 0.423. The van der Waals surface area contributed by atoms with Crippen LogP contribution < -0.4 is 9.47 Å². The highest BCUT2D eigenvalue weighted by Gasteiger charge is 2.41. The van der Waals surface area contributed by atoms with Crippen LogP contribution in [0.2, 0.25) is 0 Å². The lowest BCUT2D eigenvalue weighted by atomic mass is 10.0. The number of fused-ring (bicyclic) bond motifs is 3. The number of para-hydroxylation sites is 2. The van der Waals surface area contributed by atoms with Crippen LogP contribution in [0.3, 0.4) is 0 Å². The summed E-state index contributed by atoms with van der Waals surface area (Å²) in [5.74, 6) is 0.768. The van der Waals surface area contributed by atoms with Gasteiger partial charge < -0.3 is 14.0 Å². The number of imidazole rings is 1. The van der Waals surface area contributed by atoms with E-state index >= 15 is 0 Å². The van der Waals surface area contributed by atoms with Gasteiger partial charge in [-0.3, -0.25) is 14.5 Å². The van der Waals surface area contributed by atoms with E-state index in [0.29, 0.717) is 29.0 Å². The predicted octanol–water partition coefficient (Wildman–Crippen LogP) is 4.02. The van der Waals surface area contributed by atoms with Crippen LogP contribution in [-0.4, -0.2) is 40.5 Å². The van der Waals surface area contributed by atoms with Gasteiger partial charge in [0.1, 0.15) is 17.5 Å². The molecule has 2 heterocycles. The Hall–Kier alpha value is -4.13. The second kappa shape index (κ2) is 8.43. The fourth-order valence-corrected chi connectivity index (χ4v) is 4.34. The van der Waals surface area contributed by atoms with Crippen molar-refractivity contribution >= 4 is 22.8 Å². The monoisotopic (exact) mass is 441 g/mol. The molecular weight excluding hydrogens is 418 g/mol. The van der Waals surface area contributed by atoms with E-state index in [1.54, 1.807) is 30.9 Å². The van der Waals surface area contributed by atoms with Crippen molar-refractivity contribution in [3.8, 4) is 11.5 Å². The molecule has 3 aromatic carbocycles. The van der Waals surface area contributed by atoms with E-state index < -0.39 is 11.9 Å². The minimum atomic E-state index is -0.586. The number of aromatic nitrogens is 2. The molecule has 1 atom stereocenters. The highest BCUT2D eigenvalue weighted by Crippen LogP contribution is 2.33. The summed E-state index contributed by atoms with van der Waals surface area (Å²) < 4.78 is 12.5. The summed E-state index contributed by atoms with van der Waals surface area (Å²) in [7, 11) is 3.13. The van der Waals surface area contributed by atoms with E-state index in [-0.39, 0.29) is 18.3 Å². The highest BCUT2D eigenvalue weighted by molar-refractivity contribution is 6.08. The average Bonchev–Trinajstić information content (AvgIpc) is 3.25.